The molecule has 0 saturated carbocycles. The van der Waals surface area contributed by atoms with Crippen LogP contribution >= 0.6 is 0 Å². The molecule has 0 aliphatic rings. The molecular formula is C17H17N3O. The molecule has 0 aliphatic heterocycles. The smallest absolute Gasteiger partial charge is 0.226 e. The Morgan fingerprint density at radius 2 is 1.81 bits per heavy atom. The van der Waals surface area contributed by atoms with Crippen LogP contribution in [0, 0.1) is 11.3 Å². The molecule has 2 aromatic rings. The monoisotopic (exact) mass is 279 g/mol. The molecule has 0 bridgehead atoms. The summed E-state index contributed by atoms with van der Waals surface area (Å²) >= 11 is 0. The number of benzene rings is 2. The van der Waals surface area contributed by atoms with E-state index in [9.17, 15) is 4.79 Å². The molecule has 0 aliphatic carbocycles. The Hall–Kier alpha value is -2.64. The molecule has 0 radical (unpaired) electrons. The summed E-state index contributed by atoms with van der Waals surface area (Å²) in [6.07, 6.45) is 0.594. The molecule has 21 heavy (non-hydrogen) atoms. The summed E-state index contributed by atoms with van der Waals surface area (Å²) in [5.74, 6) is -0.126. The van der Waals surface area contributed by atoms with E-state index in [2.05, 4.69) is 11.4 Å². The highest BCUT2D eigenvalue weighted by Crippen LogP contribution is 2.15. The minimum Gasteiger partial charge on any atom is -0.326 e. The van der Waals surface area contributed by atoms with Crippen molar-refractivity contribution in [3.8, 4) is 6.07 Å². The van der Waals surface area contributed by atoms with Crippen molar-refractivity contribution in [3.05, 3.63) is 65.7 Å². The van der Waals surface area contributed by atoms with Gasteiger partial charge in [0.2, 0.25) is 5.91 Å². The number of nitrogens with zero attached hydrogens (tertiary/aromatic N) is 1. The van der Waals surface area contributed by atoms with Crippen LogP contribution in [-0.4, -0.2) is 5.91 Å². The molecule has 0 spiro atoms. The van der Waals surface area contributed by atoms with Gasteiger partial charge in [0.25, 0.3) is 0 Å². The number of hydrogen-bond acceptors (Lipinski definition) is 3. The number of carbonyl (C=O) groups is 1. The van der Waals surface area contributed by atoms with Crippen LogP contribution in [0.5, 0.6) is 0 Å². The number of nitrogens with one attached hydrogen (secondary N) is 1. The molecule has 1 unspecified atom stereocenters. The fourth-order valence-corrected chi connectivity index (χ4v) is 2.03. The molecule has 4 heteroatoms. The Morgan fingerprint density at radius 3 is 2.43 bits per heavy atom. The van der Waals surface area contributed by atoms with Gasteiger partial charge in [0.15, 0.2) is 0 Å². The summed E-state index contributed by atoms with van der Waals surface area (Å²) in [6.45, 7) is 0. The van der Waals surface area contributed by atoms with Gasteiger partial charge in [0.05, 0.1) is 12.5 Å². The molecule has 0 saturated heterocycles. The standard InChI is InChI=1S/C17H17N3O/c18-11-10-13-6-8-15(9-7-13)20-17(21)12-16(19)14-4-2-1-3-5-14/h1-9,16H,10,12,19H2,(H,20,21). The average Bonchev–Trinajstić information content (AvgIpc) is 2.50. The second-order valence-corrected chi connectivity index (χ2v) is 4.80. The van der Waals surface area contributed by atoms with Gasteiger partial charge in [-0.05, 0) is 23.3 Å². The van der Waals surface area contributed by atoms with Crippen molar-refractivity contribution in [2.24, 2.45) is 5.73 Å². The minimum atomic E-state index is -0.316. The summed E-state index contributed by atoms with van der Waals surface area (Å²) in [7, 11) is 0. The van der Waals surface area contributed by atoms with E-state index in [1.165, 1.54) is 0 Å². The summed E-state index contributed by atoms with van der Waals surface area (Å²) in [6, 6.07) is 18.6. The van der Waals surface area contributed by atoms with E-state index in [0.717, 1.165) is 11.1 Å². The van der Waals surface area contributed by atoms with Crippen molar-refractivity contribution in [2.75, 3.05) is 5.32 Å². The first-order chi connectivity index (χ1) is 10.2. The zero-order valence-corrected chi connectivity index (χ0v) is 11.6. The Kier molecular flexibility index (Phi) is 5.08. The topological polar surface area (TPSA) is 78.9 Å². The maximum atomic E-state index is 12.0. The van der Waals surface area contributed by atoms with Crippen molar-refractivity contribution in [1.82, 2.24) is 0 Å². The number of carbonyl (C=O) groups excluding carboxylic acids is 1. The van der Waals surface area contributed by atoms with Gasteiger partial charge >= 0.3 is 0 Å². The first kappa shape index (κ1) is 14.8. The van der Waals surface area contributed by atoms with Gasteiger partial charge in [-0.2, -0.15) is 5.26 Å². The predicted molar refractivity (Wildman–Crippen MR) is 82.4 cm³/mol. The molecule has 0 heterocycles. The first-order valence-corrected chi connectivity index (χ1v) is 6.75. The maximum Gasteiger partial charge on any atom is 0.226 e. The van der Waals surface area contributed by atoms with Crippen LogP contribution in [0.2, 0.25) is 0 Å². The second kappa shape index (κ2) is 7.22. The van der Waals surface area contributed by atoms with Crippen molar-refractivity contribution >= 4 is 11.6 Å². The number of nitriles is 1. The number of amides is 1. The van der Waals surface area contributed by atoms with Crippen LogP contribution in [0.3, 0.4) is 0 Å². The van der Waals surface area contributed by atoms with Gasteiger partial charge < -0.3 is 11.1 Å². The molecule has 106 valence electrons. The Bertz CT molecular complexity index is 629. The van der Waals surface area contributed by atoms with Crippen LogP contribution in [-0.2, 0) is 11.2 Å². The van der Waals surface area contributed by atoms with Gasteiger partial charge in [-0.1, -0.05) is 42.5 Å². The highest BCUT2D eigenvalue weighted by Gasteiger charge is 2.11. The number of anilines is 1. The summed E-state index contributed by atoms with van der Waals surface area (Å²) < 4.78 is 0. The van der Waals surface area contributed by atoms with E-state index in [1.54, 1.807) is 12.1 Å². The SMILES string of the molecule is N#CCc1ccc(NC(=O)CC(N)c2ccccc2)cc1. The maximum absolute atomic E-state index is 12.0. The lowest BCUT2D eigenvalue weighted by Crippen LogP contribution is -2.20. The molecule has 0 aromatic heterocycles. The van der Waals surface area contributed by atoms with Gasteiger partial charge in [-0.15, -0.1) is 0 Å². The fraction of sp³-hybridized carbons (Fsp3) is 0.176. The van der Waals surface area contributed by atoms with Gasteiger partial charge in [0.1, 0.15) is 0 Å². The molecule has 2 rings (SSSR count). The molecule has 1 amide bonds. The molecule has 3 N–H and O–H groups in total. The lowest BCUT2D eigenvalue weighted by atomic mass is 10.0. The number of nitrogens with two attached hydrogens (primary N) is 1. The van der Waals surface area contributed by atoms with Crippen LogP contribution in [0.1, 0.15) is 23.6 Å². The van der Waals surface area contributed by atoms with Crippen LogP contribution in [0.4, 0.5) is 5.69 Å². The van der Waals surface area contributed by atoms with Crippen LogP contribution < -0.4 is 11.1 Å². The third kappa shape index (κ3) is 4.44. The van der Waals surface area contributed by atoms with E-state index in [0.29, 0.717) is 12.1 Å². The lowest BCUT2D eigenvalue weighted by molar-refractivity contribution is -0.116. The van der Waals surface area contributed by atoms with Gasteiger partial charge in [0, 0.05) is 18.2 Å². The van der Waals surface area contributed by atoms with Crippen LogP contribution in [0.25, 0.3) is 0 Å². The molecule has 2 aromatic carbocycles. The average molecular weight is 279 g/mol. The number of rotatable bonds is 5. The van der Waals surface area contributed by atoms with Crippen molar-refractivity contribution in [2.45, 2.75) is 18.9 Å². The van der Waals surface area contributed by atoms with Gasteiger partial charge in [-0.25, -0.2) is 0 Å². The normalized spacial score (nSPS) is 11.4. The van der Waals surface area contributed by atoms with E-state index < -0.39 is 0 Å². The van der Waals surface area contributed by atoms with Crippen molar-refractivity contribution in [1.29, 1.82) is 5.26 Å². The van der Waals surface area contributed by atoms with Crippen molar-refractivity contribution < 1.29 is 4.79 Å². The highest BCUT2D eigenvalue weighted by molar-refractivity contribution is 5.91. The van der Waals surface area contributed by atoms with Crippen molar-refractivity contribution in [3.63, 3.8) is 0 Å². The number of hydrogen-bond donors (Lipinski definition) is 2. The third-order valence-electron chi connectivity index (χ3n) is 3.15. The largest absolute Gasteiger partial charge is 0.326 e. The fourth-order valence-electron chi connectivity index (χ4n) is 2.03. The van der Waals surface area contributed by atoms with E-state index in [4.69, 9.17) is 11.0 Å². The Morgan fingerprint density at radius 1 is 1.14 bits per heavy atom. The van der Waals surface area contributed by atoms with E-state index >= 15 is 0 Å². The van der Waals surface area contributed by atoms with Crippen LogP contribution in [0.15, 0.2) is 54.6 Å². The molecular weight excluding hydrogens is 262 g/mol. The summed E-state index contributed by atoms with van der Waals surface area (Å²) in [5, 5.41) is 11.4. The zero-order valence-electron chi connectivity index (χ0n) is 11.6. The third-order valence-corrected chi connectivity index (χ3v) is 3.15. The summed E-state index contributed by atoms with van der Waals surface area (Å²) in [5.41, 5.74) is 8.60. The zero-order chi connectivity index (χ0) is 15.1. The minimum absolute atomic E-state index is 0.126. The quantitative estimate of drug-likeness (QED) is 0.883. The second-order valence-electron chi connectivity index (χ2n) is 4.80. The lowest BCUT2D eigenvalue weighted by Gasteiger charge is -2.12. The molecule has 0 fully saturated rings. The molecule has 4 nitrogen and oxygen atoms in total. The Balaban J connectivity index is 1.91. The van der Waals surface area contributed by atoms with E-state index in [1.807, 2.05) is 42.5 Å². The predicted octanol–water partition coefficient (Wildman–Crippen LogP) is 2.78. The Labute approximate surface area is 124 Å². The molecule has 1 atom stereocenters. The van der Waals surface area contributed by atoms with E-state index in [-0.39, 0.29) is 18.4 Å². The highest BCUT2D eigenvalue weighted by atomic mass is 16.1. The summed E-state index contributed by atoms with van der Waals surface area (Å²) in [4.78, 5) is 12.0. The van der Waals surface area contributed by atoms with Gasteiger partial charge in [-0.3, -0.25) is 4.79 Å². The first-order valence-electron chi connectivity index (χ1n) is 6.75.